The molecule has 0 aliphatic heterocycles. The zero-order valence-electron chi connectivity index (χ0n) is 9.35. The molecule has 0 spiro atoms. The van der Waals surface area contributed by atoms with E-state index in [1.807, 2.05) is 25.1 Å². The van der Waals surface area contributed by atoms with Crippen molar-refractivity contribution in [3.63, 3.8) is 0 Å². The predicted molar refractivity (Wildman–Crippen MR) is 70.5 cm³/mol. The Balaban J connectivity index is 2.67. The van der Waals surface area contributed by atoms with Crippen molar-refractivity contribution in [2.45, 2.75) is 26.7 Å². The summed E-state index contributed by atoms with van der Waals surface area (Å²) >= 11 is 12.3. The molecule has 0 amide bonds. The van der Waals surface area contributed by atoms with Crippen molar-refractivity contribution < 1.29 is 0 Å². The van der Waals surface area contributed by atoms with E-state index in [0.717, 1.165) is 45.0 Å². The number of halogens is 2. The van der Waals surface area contributed by atoms with Gasteiger partial charge in [0, 0.05) is 16.1 Å². The van der Waals surface area contributed by atoms with Crippen molar-refractivity contribution in [1.29, 1.82) is 0 Å². The first-order valence-electron chi connectivity index (χ1n) is 5.37. The molecule has 0 bridgehead atoms. The van der Waals surface area contributed by atoms with Gasteiger partial charge < -0.3 is 0 Å². The fraction of sp³-hybridized carbons (Fsp3) is 0.308. The van der Waals surface area contributed by atoms with Crippen LogP contribution in [0.4, 0.5) is 0 Å². The van der Waals surface area contributed by atoms with Gasteiger partial charge in [-0.1, -0.05) is 36.5 Å². The maximum absolute atomic E-state index is 6.24. The Morgan fingerprint density at radius 3 is 2.56 bits per heavy atom. The summed E-state index contributed by atoms with van der Waals surface area (Å²) in [6.07, 6.45) is 2.01. The summed E-state index contributed by atoms with van der Waals surface area (Å²) < 4.78 is 0. The Morgan fingerprint density at radius 2 is 1.88 bits per heavy atom. The standard InChI is InChI=1S/C13H13Cl2N/c1-3-4-9-6-12(15)10-5-8(2)11(14)7-13(10)16-9/h5-7H,3-4H2,1-2H3. The molecular formula is C13H13Cl2N. The van der Waals surface area contributed by atoms with Gasteiger partial charge in [-0.3, -0.25) is 4.98 Å². The van der Waals surface area contributed by atoms with Gasteiger partial charge in [-0.05, 0) is 37.1 Å². The molecule has 84 valence electrons. The molecule has 0 fully saturated rings. The molecule has 1 aromatic heterocycles. The molecule has 0 radical (unpaired) electrons. The average molecular weight is 254 g/mol. The monoisotopic (exact) mass is 253 g/mol. The summed E-state index contributed by atoms with van der Waals surface area (Å²) in [5.41, 5.74) is 2.94. The first-order chi connectivity index (χ1) is 7.61. The molecule has 0 saturated carbocycles. The van der Waals surface area contributed by atoms with Crippen LogP contribution in [-0.4, -0.2) is 4.98 Å². The van der Waals surface area contributed by atoms with E-state index in [1.165, 1.54) is 0 Å². The van der Waals surface area contributed by atoms with Crippen LogP contribution in [0.3, 0.4) is 0 Å². The molecule has 1 nitrogen and oxygen atoms in total. The summed E-state index contributed by atoms with van der Waals surface area (Å²) in [5.74, 6) is 0. The first kappa shape index (κ1) is 11.7. The quantitative estimate of drug-likeness (QED) is 0.749. The summed E-state index contributed by atoms with van der Waals surface area (Å²) in [5, 5.41) is 2.47. The molecule has 1 heterocycles. The van der Waals surface area contributed by atoms with E-state index >= 15 is 0 Å². The highest BCUT2D eigenvalue weighted by molar-refractivity contribution is 6.36. The van der Waals surface area contributed by atoms with E-state index in [-0.39, 0.29) is 0 Å². The van der Waals surface area contributed by atoms with Gasteiger partial charge in [-0.15, -0.1) is 0 Å². The minimum Gasteiger partial charge on any atom is -0.253 e. The van der Waals surface area contributed by atoms with Crippen LogP contribution in [0.25, 0.3) is 10.9 Å². The van der Waals surface area contributed by atoms with Crippen molar-refractivity contribution in [2.75, 3.05) is 0 Å². The summed E-state index contributed by atoms with van der Waals surface area (Å²) in [4.78, 5) is 4.56. The maximum Gasteiger partial charge on any atom is 0.0735 e. The van der Waals surface area contributed by atoms with Crippen LogP contribution in [0.1, 0.15) is 24.6 Å². The molecule has 0 saturated heterocycles. The smallest absolute Gasteiger partial charge is 0.0735 e. The minimum atomic E-state index is 0.740. The van der Waals surface area contributed by atoms with Gasteiger partial charge >= 0.3 is 0 Å². The normalized spacial score (nSPS) is 11.0. The molecule has 2 rings (SSSR count). The molecule has 2 aromatic rings. The Bertz CT molecular complexity index is 535. The van der Waals surface area contributed by atoms with Gasteiger partial charge in [0.25, 0.3) is 0 Å². The predicted octanol–water partition coefficient (Wildman–Crippen LogP) is 4.80. The maximum atomic E-state index is 6.24. The van der Waals surface area contributed by atoms with E-state index in [4.69, 9.17) is 23.2 Å². The van der Waals surface area contributed by atoms with Crippen LogP contribution >= 0.6 is 23.2 Å². The van der Waals surface area contributed by atoms with E-state index in [9.17, 15) is 0 Å². The number of fused-ring (bicyclic) bond motifs is 1. The van der Waals surface area contributed by atoms with Gasteiger partial charge in [0.05, 0.1) is 10.5 Å². The van der Waals surface area contributed by atoms with Crippen LogP contribution in [0, 0.1) is 6.92 Å². The van der Waals surface area contributed by atoms with Gasteiger partial charge in [-0.25, -0.2) is 0 Å². The van der Waals surface area contributed by atoms with Crippen LogP contribution in [0.5, 0.6) is 0 Å². The number of aryl methyl sites for hydroxylation is 2. The van der Waals surface area contributed by atoms with Crippen molar-refractivity contribution in [3.05, 3.63) is 39.5 Å². The largest absolute Gasteiger partial charge is 0.253 e. The molecule has 0 N–H and O–H groups in total. The second-order valence-corrected chi connectivity index (χ2v) is 4.78. The molecular weight excluding hydrogens is 241 g/mol. The topological polar surface area (TPSA) is 12.9 Å². The highest BCUT2D eigenvalue weighted by Gasteiger charge is 2.06. The lowest BCUT2D eigenvalue weighted by Gasteiger charge is -2.06. The third-order valence-corrected chi connectivity index (χ3v) is 3.32. The summed E-state index contributed by atoms with van der Waals surface area (Å²) in [7, 11) is 0. The lowest BCUT2D eigenvalue weighted by molar-refractivity contribution is 0.890. The SMILES string of the molecule is CCCc1cc(Cl)c2cc(C)c(Cl)cc2n1. The van der Waals surface area contributed by atoms with E-state index in [1.54, 1.807) is 0 Å². The highest BCUT2D eigenvalue weighted by Crippen LogP contribution is 2.28. The van der Waals surface area contributed by atoms with Gasteiger partial charge in [-0.2, -0.15) is 0 Å². The number of aromatic nitrogens is 1. The molecule has 0 atom stereocenters. The summed E-state index contributed by atoms with van der Waals surface area (Å²) in [6.45, 7) is 4.10. The number of rotatable bonds is 2. The Morgan fingerprint density at radius 1 is 1.12 bits per heavy atom. The molecule has 16 heavy (non-hydrogen) atoms. The minimum absolute atomic E-state index is 0.740. The van der Waals surface area contributed by atoms with Crippen LogP contribution in [-0.2, 0) is 6.42 Å². The zero-order chi connectivity index (χ0) is 11.7. The van der Waals surface area contributed by atoms with Gasteiger partial charge in [0.1, 0.15) is 0 Å². The molecule has 1 aromatic carbocycles. The second kappa shape index (κ2) is 4.60. The fourth-order valence-electron chi connectivity index (χ4n) is 1.75. The van der Waals surface area contributed by atoms with Crippen molar-refractivity contribution >= 4 is 34.1 Å². The molecule has 3 heteroatoms. The van der Waals surface area contributed by atoms with Crippen LogP contribution in [0.15, 0.2) is 18.2 Å². The summed E-state index contributed by atoms with van der Waals surface area (Å²) in [6, 6.07) is 5.82. The van der Waals surface area contributed by atoms with Crippen molar-refractivity contribution in [1.82, 2.24) is 4.98 Å². The van der Waals surface area contributed by atoms with E-state index in [2.05, 4.69) is 11.9 Å². The molecule has 0 aliphatic rings. The van der Waals surface area contributed by atoms with Crippen LogP contribution < -0.4 is 0 Å². The third-order valence-electron chi connectivity index (χ3n) is 2.60. The van der Waals surface area contributed by atoms with Crippen molar-refractivity contribution in [3.8, 4) is 0 Å². The fourth-order valence-corrected chi connectivity index (χ4v) is 2.19. The number of hydrogen-bond donors (Lipinski definition) is 0. The zero-order valence-corrected chi connectivity index (χ0v) is 10.9. The Kier molecular flexibility index (Phi) is 3.36. The van der Waals surface area contributed by atoms with Crippen LogP contribution in [0.2, 0.25) is 10.0 Å². The lowest BCUT2D eigenvalue weighted by atomic mass is 10.1. The second-order valence-electron chi connectivity index (χ2n) is 3.96. The van der Waals surface area contributed by atoms with Gasteiger partial charge in [0.15, 0.2) is 0 Å². The molecule has 0 aliphatic carbocycles. The van der Waals surface area contributed by atoms with Gasteiger partial charge in [0.2, 0.25) is 0 Å². The Labute approximate surface area is 105 Å². The highest BCUT2D eigenvalue weighted by atomic mass is 35.5. The first-order valence-corrected chi connectivity index (χ1v) is 6.12. The number of nitrogens with zero attached hydrogens (tertiary/aromatic N) is 1. The van der Waals surface area contributed by atoms with E-state index < -0.39 is 0 Å². The number of hydrogen-bond acceptors (Lipinski definition) is 1. The average Bonchev–Trinajstić information content (AvgIpc) is 2.22. The van der Waals surface area contributed by atoms with E-state index in [0.29, 0.717) is 0 Å². The lowest BCUT2D eigenvalue weighted by Crippen LogP contribution is -1.91. The number of benzene rings is 1. The van der Waals surface area contributed by atoms with Crippen molar-refractivity contribution in [2.24, 2.45) is 0 Å². The number of pyridine rings is 1. The molecule has 0 unspecified atom stereocenters. The Hall–Kier alpha value is -0.790. The third kappa shape index (κ3) is 2.16.